The predicted octanol–water partition coefficient (Wildman–Crippen LogP) is 3.93. The van der Waals surface area contributed by atoms with Gasteiger partial charge in [0.05, 0.1) is 18.9 Å². The van der Waals surface area contributed by atoms with Gasteiger partial charge in [-0.3, -0.25) is 19.8 Å². The standard InChI is InChI=1S/C23H24N2O4S/c1-13(2)29-20-16(9-7-11-19(20)28-5)12-17-21(26)24-23(30)25(22(17)27)18-10-6-8-14(3)15(18)4/h6-13H,1-5H3,(H,24,26,30)/b17-12+. The maximum Gasteiger partial charge on any atom is 0.270 e. The number of rotatable bonds is 5. The molecule has 1 fully saturated rings. The number of ether oxygens (including phenoxy) is 2. The third-order valence-corrected chi connectivity index (χ3v) is 5.09. The largest absolute Gasteiger partial charge is 0.493 e. The van der Waals surface area contributed by atoms with Crippen LogP contribution in [-0.2, 0) is 9.59 Å². The molecular weight excluding hydrogens is 400 g/mol. The van der Waals surface area contributed by atoms with Gasteiger partial charge in [-0.2, -0.15) is 0 Å². The second kappa shape index (κ2) is 8.67. The third kappa shape index (κ3) is 4.07. The van der Waals surface area contributed by atoms with Crippen molar-refractivity contribution in [3.63, 3.8) is 0 Å². The lowest BCUT2D eigenvalue weighted by atomic mass is 10.0. The molecule has 7 heteroatoms. The van der Waals surface area contributed by atoms with E-state index in [1.54, 1.807) is 31.4 Å². The lowest BCUT2D eigenvalue weighted by Crippen LogP contribution is -2.54. The molecule has 2 aromatic carbocycles. The smallest absolute Gasteiger partial charge is 0.270 e. The molecule has 0 atom stereocenters. The van der Waals surface area contributed by atoms with E-state index >= 15 is 0 Å². The van der Waals surface area contributed by atoms with Crippen LogP contribution in [0.25, 0.3) is 6.08 Å². The molecule has 30 heavy (non-hydrogen) atoms. The number of benzene rings is 2. The van der Waals surface area contributed by atoms with E-state index in [1.165, 1.54) is 11.0 Å². The van der Waals surface area contributed by atoms with Crippen molar-refractivity contribution in [3.8, 4) is 11.5 Å². The molecular formula is C23H24N2O4S. The van der Waals surface area contributed by atoms with Crippen molar-refractivity contribution >= 4 is 40.9 Å². The van der Waals surface area contributed by atoms with Crippen molar-refractivity contribution < 1.29 is 19.1 Å². The van der Waals surface area contributed by atoms with Crippen LogP contribution in [-0.4, -0.2) is 30.1 Å². The summed E-state index contributed by atoms with van der Waals surface area (Å²) in [5.41, 5.74) is 3.10. The Bertz CT molecular complexity index is 1060. The summed E-state index contributed by atoms with van der Waals surface area (Å²) in [5.74, 6) is -0.0567. The van der Waals surface area contributed by atoms with E-state index in [9.17, 15) is 9.59 Å². The molecule has 1 aliphatic rings. The lowest BCUT2D eigenvalue weighted by molar-refractivity contribution is -0.122. The first-order chi connectivity index (χ1) is 14.2. The predicted molar refractivity (Wildman–Crippen MR) is 121 cm³/mol. The van der Waals surface area contributed by atoms with Gasteiger partial charge in [0.25, 0.3) is 11.8 Å². The summed E-state index contributed by atoms with van der Waals surface area (Å²) in [7, 11) is 1.54. The van der Waals surface area contributed by atoms with Crippen molar-refractivity contribution in [1.82, 2.24) is 5.32 Å². The molecule has 0 aliphatic carbocycles. The molecule has 0 unspecified atom stereocenters. The number of anilines is 1. The summed E-state index contributed by atoms with van der Waals surface area (Å²) < 4.78 is 11.3. The molecule has 1 aliphatic heterocycles. The molecule has 0 saturated carbocycles. The molecule has 3 rings (SSSR count). The Labute approximate surface area is 181 Å². The Morgan fingerprint density at radius 2 is 1.80 bits per heavy atom. The van der Waals surface area contributed by atoms with Crippen LogP contribution in [0.1, 0.15) is 30.5 Å². The molecule has 0 bridgehead atoms. The average molecular weight is 425 g/mol. The van der Waals surface area contributed by atoms with E-state index in [1.807, 2.05) is 39.8 Å². The molecule has 0 radical (unpaired) electrons. The monoisotopic (exact) mass is 424 g/mol. The van der Waals surface area contributed by atoms with Crippen LogP contribution in [0.3, 0.4) is 0 Å². The summed E-state index contributed by atoms with van der Waals surface area (Å²) in [6.45, 7) is 7.65. The maximum absolute atomic E-state index is 13.3. The second-order valence-electron chi connectivity index (χ2n) is 7.22. The number of nitrogens with one attached hydrogen (secondary N) is 1. The average Bonchev–Trinajstić information content (AvgIpc) is 2.68. The zero-order chi connectivity index (χ0) is 22.0. The highest BCUT2D eigenvalue weighted by atomic mass is 32.1. The lowest BCUT2D eigenvalue weighted by Gasteiger charge is -2.30. The Morgan fingerprint density at radius 3 is 2.47 bits per heavy atom. The Balaban J connectivity index is 2.11. The highest BCUT2D eigenvalue weighted by molar-refractivity contribution is 7.80. The number of methoxy groups -OCH3 is 1. The van der Waals surface area contributed by atoms with Gasteiger partial charge in [-0.15, -0.1) is 0 Å². The van der Waals surface area contributed by atoms with E-state index in [2.05, 4.69) is 5.32 Å². The molecule has 0 spiro atoms. The quantitative estimate of drug-likeness (QED) is 0.448. The van der Waals surface area contributed by atoms with Crippen LogP contribution in [0.2, 0.25) is 0 Å². The summed E-state index contributed by atoms with van der Waals surface area (Å²) in [6, 6.07) is 10.9. The van der Waals surface area contributed by atoms with E-state index in [0.717, 1.165) is 11.1 Å². The van der Waals surface area contributed by atoms with Gasteiger partial charge < -0.3 is 9.47 Å². The van der Waals surface area contributed by atoms with Gasteiger partial charge in [-0.25, -0.2) is 0 Å². The summed E-state index contributed by atoms with van der Waals surface area (Å²) in [4.78, 5) is 27.3. The van der Waals surface area contributed by atoms with Gasteiger partial charge in [0.15, 0.2) is 16.6 Å². The normalized spacial score (nSPS) is 15.6. The van der Waals surface area contributed by atoms with Gasteiger partial charge in [0, 0.05) is 5.56 Å². The maximum atomic E-state index is 13.3. The van der Waals surface area contributed by atoms with E-state index < -0.39 is 11.8 Å². The van der Waals surface area contributed by atoms with Gasteiger partial charge in [0.2, 0.25) is 0 Å². The fraction of sp³-hybridized carbons (Fsp3) is 0.261. The fourth-order valence-electron chi connectivity index (χ4n) is 3.18. The summed E-state index contributed by atoms with van der Waals surface area (Å²) in [6.07, 6.45) is 1.39. The number of thiocarbonyl (C=S) groups is 1. The van der Waals surface area contributed by atoms with E-state index in [0.29, 0.717) is 22.7 Å². The first-order valence-electron chi connectivity index (χ1n) is 9.56. The van der Waals surface area contributed by atoms with Crippen LogP contribution in [0.15, 0.2) is 42.0 Å². The zero-order valence-corrected chi connectivity index (χ0v) is 18.4. The molecule has 6 nitrogen and oxygen atoms in total. The number of aryl methyl sites for hydroxylation is 1. The Kier molecular flexibility index (Phi) is 6.22. The summed E-state index contributed by atoms with van der Waals surface area (Å²) >= 11 is 5.31. The first kappa shape index (κ1) is 21.5. The van der Waals surface area contributed by atoms with Crippen molar-refractivity contribution in [2.75, 3.05) is 12.0 Å². The van der Waals surface area contributed by atoms with Gasteiger partial charge in [0.1, 0.15) is 5.57 Å². The SMILES string of the molecule is COc1cccc(/C=C2\C(=O)NC(=S)N(c3cccc(C)c3C)C2=O)c1OC(C)C. The van der Waals surface area contributed by atoms with Gasteiger partial charge in [-0.05, 0) is 69.2 Å². The summed E-state index contributed by atoms with van der Waals surface area (Å²) in [5, 5.41) is 2.68. The van der Waals surface area contributed by atoms with Crippen LogP contribution in [0, 0.1) is 13.8 Å². The van der Waals surface area contributed by atoms with Gasteiger partial charge in [-0.1, -0.05) is 24.3 Å². The number of carbonyl (C=O) groups excluding carboxylic acids is 2. The second-order valence-corrected chi connectivity index (χ2v) is 7.61. The molecule has 1 heterocycles. The van der Waals surface area contributed by atoms with Crippen molar-refractivity contribution in [1.29, 1.82) is 0 Å². The number of para-hydroxylation sites is 1. The third-order valence-electron chi connectivity index (χ3n) is 4.80. The van der Waals surface area contributed by atoms with Crippen molar-refractivity contribution in [2.24, 2.45) is 0 Å². The molecule has 2 aromatic rings. The molecule has 156 valence electrons. The van der Waals surface area contributed by atoms with Crippen molar-refractivity contribution in [3.05, 3.63) is 58.7 Å². The highest BCUT2D eigenvalue weighted by Gasteiger charge is 2.35. The molecule has 2 amide bonds. The molecule has 1 N–H and O–H groups in total. The van der Waals surface area contributed by atoms with Crippen LogP contribution < -0.4 is 19.7 Å². The minimum atomic E-state index is -0.551. The number of amides is 2. The highest BCUT2D eigenvalue weighted by Crippen LogP contribution is 2.34. The Hall–Kier alpha value is -3.19. The minimum absolute atomic E-state index is 0.0358. The van der Waals surface area contributed by atoms with Crippen molar-refractivity contribution in [2.45, 2.75) is 33.8 Å². The van der Waals surface area contributed by atoms with Gasteiger partial charge >= 0.3 is 0 Å². The number of hydrogen-bond acceptors (Lipinski definition) is 5. The zero-order valence-electron chi connectivity index (χ0n) is 17.6. The van der Waals surface area contributed by atoms with Crippen LogP contribution in [0.5, 0.6) is 11.5 Å². The Morgan fingerprint density at radius 1 is 1.10 bits per heavy atom. The minimum Gasteiger partial charge on any atom is -0.493 e. The van der Waals surface area contributed by atoms with Crippen LogP contribution in [0.4, 0.5) is 5.69 Å². The number of carbonyl (C=O) groups is 2. The van der Waals surface area contributed by atoms with E-state index in [-0.39, 0.29) is 16.8 Å². The number of hydrogen-bond donors (Lipinski definition) is 1. The topological polar surface area (TPSA) is 67.9 Å². The van der Waals surface area contributed by atoms with E-state index in [4.69, 9.17) is 21.7 Å². The molecule has 1 saturated heterocycles. The fourth-order valence-corrected chi connectivity index (χ4v) is 3.45. The van der Waals surface area contributed by atoms with Crippen LogP contribution >= 0.6 is 12.2 Å². The molecule has 0 aromatic heterocycles. The first-order valence-corrected chi connectivity index (χ1v) is 9.96. The number of nitrogens with zero attached hydrogens (tertiary/aromatic N) is 1.